The highest BCUT2D eigenvalue weighted by Crippen LogP contribution is 2.07. The maximum atomic E-state index is 10.0. The lowest BCUT2D eigenvalue weighted by Gasteiger charge is -2.16. The fourth-order valence-electron chi connectivity index (χ4n) is 2.12. The number of hydrogen-bond acceptors (Lipinski definition) is 8. The van der Waals surface area contributed by atoms with E-state index in [-0.39, 0.29) is 18.4 Å². The number of allylic oxidation sites excluding steroid dienone is 1. The molecule has 158 valence electrons. The summed E-state index contributed by atoms with van der Waals surface area (Å²) >= 11 is 0. The van der Waals surface area contributed by atoms with Gasteiger partial charge in [-0.3, -0.25) is 0 Å². The Kier molecular flexibility index (Phi) is 18.3. The molecular weight excluding hydrogens is 352 g/mol. The summed E-state index contributed by atoms with van der Waals surface area (Å²) in [4.78, 5) is 10.0. The van der Waals surface area contributed by atoms with Gasteiger partial charge in [-0.1, -0.05) is 13.2 Å². The summed E-state index contributed by atoms with van der Waals surface area (Å²) in [6, 6.07) is -0.113. The SMILES string of the molecule is C=C(CCC(NC)C(=C)O)NCCOCCOCCCOCCOCC=O. The summed E-state index contributed by atoms with van der Waals surface area (Å²) in [6.07, 6.45) is 3.02. The summed E-state index contributed by atoms with van der Waals surface area (Å²) in [7, 11) is 1.79. The molecule has 0 aromatic rings. The summed E-state index contributed by atoms with van der Waals surface area (Å²) in [5, 5.41) is 15.6. The Morgan fingerprint density at radius 3 is 2.15 bits per heavy atom. The van der Waals surface area contributed by atoms with E-state index in [0.717, 1.165) is 31.2 Å². The summed E-state index contributed by atoms with van der Waals surface area (Å²) in [5.41, 5.74) is 0.910. The zero-order chi connectivity index (χ0) is 20.2. The molecule has 0 saturated carbocycles. The summed E-state index contributed by atoms with van der Waals surface area (Å²) in [6.45, 7) is 12.1. The van der Waals surface area contributed by atoms with Crippen LogP contribution >= 0.6 is 0 Å². The fraction of sp³-hybridized carbons (Fsp3) is 0.737. The van der Waals surface area contributed by atoms with Crippen molar-refractivity contribution in [2.24, 2.45) is 0 Å². The highest BCUT2D eigenvalue weighted by atomic mass is 16.5. The normalized spacial score (nSPS) is 11.9. The van der Waals surface area contributed by atoms with Crippen molar-refractivity contribution in [3.05, 3.63) is 24.6 Å². The first-order chi connectivity index (χ1) is 13.1. The van der Waals surface area contributed by atoms with Crippen molar-refractivity contribution in [1.29, 1.82) is 0 Å². The van der Waals surface area contributed by atoms with Crippen LogP contribution in [0.2, 0.25) is 0 Å². The van der Waals surface area contributed by atoms with Gasteiger partial charge in [0.2, 0.25) is 0 Å². The number of aldehydes is 1. The number of rotatable bonds is 21. The Balaban J connectivity index is 3.27. The second kappa shape index (κ2) is 19.3. The van der Waals surface area contributed by atoms with Gasteiger partial charge in [0, 0.05) is 25.5 Å². The molecule has 3 N–H and O–H groups in total. The predicted octanol–water partition coefficient (Wildman–Crippen LogP) is 1.19. The smallest absolute Gasteiger partial charge is 0.145 e. The van der Waals surface area contributed by atoms with Gasteiger partial charge in [0.25, 0.3) is 0 Å². The molecule has 27 heavy (non-hydrogen) atoms. The minimum atomic E-state index is -0.113. The van der Waals surface area contributed by atoms with Crippen LogP contribution in [0, 0.1) is 0 Å². The third-order valence-corrected chi connectivity index (χ3v) is 3.61. The number of hydrogen-bond donors (Lipinski definition) is 3. The van der Waals surface area contributed by atoms with E-state index in [1.807, 2.05) is 0 Å². The van der Waals surface area contributed by atoms with Crippen LogP contribution in [0.25, 0.3) is 0 Å². The molecule has 0 amide bonds. The Labute approximate surface area is 162 Å². The Morgan fingerprint density at radius 2 is 1.59 bits per heavy atom. The number of aliphatic hydroxyl groups excluding tert-OH is 1. The summed E-state index contributed by atoms with van der Waals surface area (Å²) < 4.78 is 21.2. The molecule has 0 spiro atoms. The number of nitrogens with one attached hydrogen (secondary N) is 2. The van der Waals surface area contributed by atoms with Gasteiger partial charge < -0.3 is 39.5 Å². The molecule has 0 fully saturated rings. The lowest BCUT2D eigenvalue weighted by atomic mass is 10.1. The number of likely N-dealkylation sites (N-methyl/N-ethyl adjacent to an activating group) is 1. The molecule has 0 radical (unpaired) electrons. The number of ether oxygens (including phenoxy) is 4. The predicted molar refractivity (Wildman–Crippen MR) is 105 cm³/mol. The average molecular weight is 389 g/mol. The molecule has 0 saturated heterocycles. The van der Waals surface area contributed by atoms with Crippen molar-refractivity contribution < 1.29 is 28.8 Å². The van der Waals surface area contributed by atoms with Crippen LogP contribution in [0.15, 0.2) is 24.6 Å². The van der Waals surface area contributed by atoms with E-state index >= 15 is 0 Å². The molecule has 0 rings (SSSR count). The molecule has 0 aliphatic rings. The van der Waals surface area contributed by atoms with E-state index in [4.69, 9.17) is 18.9 Å². The van der Waals surface area contributed by atoms with Gasteiger partial charge in [0.15, 0.2) is 0 Å². The van der Waals surface area contributed by atoms with E-state index in [1.165, 1.54) is 0 Å². The van der Waals surface area contributed by atoms with Crippen molar-refractivity contribution in [1.82, 2.24) is 10.6 Å². The molecule has 8 nitrogen and oxygen atoms in total. The van der Waals surface area contributed by atoms with Gasteiger partial charge in [-0.25, -0.2) is 0 Å². The monoisotopic (exact) mass is 388 g/mol. The molecular formula is C19H36N2O6. The number of carbonyl (C=O) groups excluding carboxylic acids is 1. The third-order valence-electron chi connectivity index (χ3n) is 3.61. The van der Waals surface area contributed by atoms with Crippen molar-refractivity contribution in [2.75, 3.05) is 66.4 Å². The quantitative estimate of drug-likeness (QED) is 0.153. The molecule has 0 aromatic carbocycles. The van der Waals surface area contributed by atoms with E-state index in [9.17, 15) is 9.90 Å². The van der Waals surface area contributed by atoms with E-state index in [0.29, 0.717) is 52.8 Å². The highest BCUT2D eigenvalue weighted by Gasteiger charge is 2.09. The topological polar surface area (TPSA) is 98.3 Å². The fourth-order valence-corrected chi connectivity index (χ4v) is 2.12. The van der Waals surface area contributed by atoms with Gasteiger partial charge >= 0.3 is 0 Å². The lowest BCUT2D eigenvalue weighted by molar-refractivity contribution is -0.112. The van der Waals surface area contributed by atoms with Gasteiger partial charge in [-0.05, 0) is 26.3 Å². The first-order valence-electron chi connectivity index (χ1n) is 9.33. The highest BCUT2D eigenvalue weighted by molar-refractivity contribution is 5.50. The zero-order valence-corrected chi connectivity index (χ0v) is 16.5. The van der Waals surface area contributed by atoms with Crippen LogP contribution in [0.5, 0.6) is 0 Å². The Bertz CT molecular complexity index is 392. The minimum Gasteiger partial charge on any atom is -0.511 e. The summed E-state index contributed by atoms with van der Waals surface area (Å²) in [5.74, 6) is 0.142. The van der Waals surface area contributed by atoms with Gasteiger partial charge in [0.05, 0.1) is 39.1 Å². The molecule has 1 atom stereocenters. The van der Waals surface area contributed by atoms with Crippen LogP contribution < -0.4 is 10.6 Å². The lowest BCUT2D eigenvalue weighted by Crippen LogP contribution is -2.28. The molecule has 0 aliphatic carbocycles. The first kappa shape index (κ1) is 25.6. The van der Waals surface area contributed by atoms with E-state index < -0.39 is 0 Å². The van der Waals surface area contributed by atoms with Crippen LogP contribution in [0.4, 0.5) is 0 Å². The second-order valence-electron chi connectivity index (χ2n) is 5.83. The third kappa shape index (κ3) is 17.7. The maximum absolute atomic E-state index is 10.0. The van der Waals surface area contributed by atoms with Crippen LogP contribution in [0.3, 0.4) is 0 Å². The molecule has 0 aromatic heterocycles. The molecule has 8 heteroatoms. The zero-order valence-electron chi connectivity index (χ0n) is 16.5. The first-order valence-corrected chi connectivity index (χ1v) is 9.33. The van der Waals surface area contributed by atoms with Crippen molar-refractivity contribution in [3.63, 3.8) is 0 Å². The van der Waals surface area contributed by atoms with E-state index in [1.54, 1.807) is 7.05 Å². The van der Waals surface area contributed by atoms with Gasteiger partial charge in [-0.15, -0.1) is 0 Å². The molecule has 0 aliphatic heterocycles. The van der Waals surface area contributed by atoms with Crippen LogP contribution in [-0.4, -0.2) is 83.9 Å². The Morgan fingerprint density at radius 1 is 1.00 bits per heavy atom. The molecule has 1 unspecified atom stereocenters. The van der Waals surface area contributed by atoms with E-state index in [2.05, 4.69) is 23.8 Å². The van der Waals surface area contributed by atoms with Crippen LogP contribution in [0.1, 0.15) is 19.3 Å². The van der Waals surface area contributed by atoms with Crippen molar-refractivity contribution >= 4 is 6.29 Å². The maximum Gasteiger partial charge on any atom is 0.145 e. The average Bonchev–Trinajstić information content (AvgIpc) is 2.65. The number of carbonyl (C=O) groups is 1. The molecule has 0 heterocycles. The Hall–Kier alpha value is -1.45. The molecule has 0 bridgehead atoms. The van der Waals surface area contributed by atoms with Crippen molar-refractivity contribution in [3.8, 4) is 0 Å². The number of aliphatic hydroxyl groups is 1. The van der Waals surface area contributed by atoms with Gasteiger partial charge in [-0.2, -0.15) is 0 Å². The minimum absolute atomic E-state index is 0.113. The second-order valence-corrected chi connectivity index (χ2v) is 5.83. The van der Waals surface area contributed by atoms with Crippen LogP contribution in [-0.2, 0) is 23.7 Å². The van der Waals surface area contributed by atoms with Gasteiger partial charge in [0.1, 0.15) is 18.7 Å². The standard InChI is InChI=1S/C19H36N2O6/c1-17(5-6-19(20-3)18(2)23)21-7-11-26-15-13-24-9-4-10-25-14-16-27-12-8-22/h8,19-21,23H,1-2,4-7,9-16H2,3H3. The largest absolute Gasteiger partial charge is 0.511 e. The van der Waals surface area contributed by atoms with Crippen molar-refractivity contribution in [2.45, 2.75) is 25.3 Å².